The van der Waals surface area contributed by atoms with Crippen molar-refractivity contribution in [2.24, 2.45) is 11.1 Å². The molecule has 11 heteroatoms. The molecule has 3 aliphatic carbocycles. The van der Waals surface area contributed by atoms with Crippen LogP contribution in [-0.4, -0.2) is 83.5 Å². The van der Waals surface area contributed by atoms with Gasteiger partial charge in [0.2, 0.25) is 5.82 Å². The highest BCUT2D eigenvalue weighted by Gasteiger charge is 2.50. The Kier molecular flexibility index (Phi) is 7.09. The molecule has 3 saturated carbocycles. The number of likely N-dealkylation sites (tertiary alicyclic amines) is 1. The van der Waals surface area contributed by atoms with Crippen LogP contribution in [0.2, 0.25) is 0 Å². The van der Waals surface area contributed by atoms with Crippen LogP contribution in [0.25, 0.3) is 5.70 Å². The lowest BCUT2D eigenvalue weighted by Gasteiger charge is -2.38. The number of hydrogen-bond donors (Lipinski definition) is 2. The predicted octanol–water partition coefficient (Wildman–Crippen LogP) is 2.92. The Morgan fingerprint density at radius 1 is 1.15 bits per heavy atom. The van der Waals surface area contributed by atoms with Crippen molar-refractivity contribution in [1.82, 2.24) is 20.2 Å². The van der Waals surface area contributed by atoms with Crippen LogP contribution in [-0.2, 0) is 9.59 Å². The smallest absolute Gasteiger partial charge is 0.256 e. The zero-order valence-electron chi connectivity index (χ0n) is 23.5. The van der Waals surface area contributed by atoms with Crippen LogP contribution in [0.15, 0.2) is 5.57 Å². The molecule has 2 saturated heterocycles. The van der Waals surface area contributed by atoms with Gasteiger partial charge in [-0.15, -0.1) is 0 Å². The molecule has 218 valence electrons. The van der Waals surface area contributed by atoms with Crippen LogP contribution in [0, 0.1) is 11.2 Å². The van der Waals surface area contributed by atoms with Crippen molar-refractivity contribution in [2.45, 2.75) is 95.0 Å². The van der Waals surface area contributed by atoms with Crippen molar-refractivity contribution < 1.29 is 23.1 Å². The molecule has 3 heterocycles. The summed E-state index contributed by atoms with van der Waals surface area (Å²) in [7, 11) is 1.83. The highest BCUT2D eigenvalue weighted by molar-refractivity contribution is 6.17. The molecule has 0 aromatic carbocycles. The first-order valence-corrected chi connectivity index (χ1v) is 14.8. The number of rotatable bonds is 5. The van der Waals surface area contributed by atoms with Gasteiger partial charge in [0.25, 0.3) is 5.88 Å². The van der Waals surface area contributed by atoms with Gasteiger partial charge < -0.3 is 20.7 Å². The van der Waals surface area contributed by atoms with Gasteiger partial charge in [-0.2, -0.15) is 9.37 Å². The number of ketones is 2. The summed E-state index contributed by atoms with van der Waals surface area (Å²) in [4.78, 5) is 39.6. The number of halogens is 2. The average molecular weight is 559 g/mol. The average Bonchev–Trinajstić information content (AvgIpc) is 3.58. The summed E-state index contributed by atoms with van der Waals surface area (Å²) in [6.07, 6.45) is 5.02. The summed E-state index contributed by atoms with van der Waals surface area (Å²) < 4.78 is 36.3. The summed E-state index contributed by atoms with van der Waals surface area (Å²) in [5.41, 5.74) is 6.01. The molecule has 3 N–H and O–H groups in total. The van der Waals surface area contributed by atoms with Crippen LogP contribution in [0.3, 0.4) is 0 Å². The topological polar surface area (TPSA) is 114 Å². The number of nitrogens with one attached hydrogen (secondary N) is 1. The van der Waals surface area contributed by atoms with Crippen molar-refractivity contribution in [3.8, 4) is 5.88 Å². The lowest BCUT2D eigenvalue weighted by molar-refractivity contribution is -0.143. The molecule has 2 aliphatic heterocycles. The van der Waals surface area contributed by atoms with Crippen LogP contribution in [0.1, 0.15) is 77.0 Å². The van der Waals surface area contributed by atoms with E-state index in [0.717, 1.165) is 25.7 Å². The molecule has 9 nitrogen and oxygen atoms in total. The molecule has 0 unspecified atom stereocenters. The van der Waals surface area contributed by atoms with Gasteiger partial charge in [-0.05, 0) is 65.3 Å². The van der Waals surface area contributed by atoms with Crippen LogP contribution < -0.4 is 20.7 Å². The largest absolute Gasteiger partial charge is 0.471 e. The molecule has 2 spiro atoms. The van der Waals surface area contributed by atoms with Gasteiger partial charge >= 0.3 is 0 Å². The molecule has 1 aromatic rings. The standard InChI is InChI=1S/C29H40F2N6O3/c1-17(20-14-18(30)15-36(20)2)40-27-22(31)26(37-13-12-33-28(16-37)10-11-28)34-25(35-27)23(32)19-6-5-9-29(24(19)39)8-4-3-7-21(29)38/h17-18,20,33H,3-16,32H2,1-2H3/t17-,18+,20-,29+/m0/s1. The number of nitrogens with zero attached hydrogens (tertiary/aromatic N) is 4. The Bertz CT molecular complexity index is 1230. The van der Waals surface area contributed by atoms with E-state index in [2.05, 4.69) is 15.3 Å². The normalized spacial score (nSPS) is 32.5. The van der Waals surface area contributed by atoms with Crippen molar-refractivity contribution >= 4 is 23.1 Å². The number of allylic oxidation sites excluding steroid dienone is 1. The van der Waals surface area contributed by atoms with E-state index in [1.54, 1.807) is 6.92 Å². The second-order valence-corrected chi connectivity index (χ2v) is 12.6. The Balaban J connectivity index is 1.38. The van der Waals surface area contributed by atoms with Gasteiger partial charge in [0.05, 0.1) is 11.1 Å². The maximum Gasteiger partial charge on any atom is 0.256 e. The zero-order chi connectivity index (χ0) is 28.2. The number of nitrogens with two attached hydrogens (primary N) is 1. The Morgan fingerprint density at radius 3 is 2.62 bits per heavy atom. The molecule has 6 rings (SSSR count). The highest BCUT2D eigenvalue weighted by atomic mass is 19.1. The number of piperazine rings is 1. The maximum atomic E-state index is 16.1. The number of hydrogen-bond acceptors (Lipinski definition) is 9. The van der Waals surface area contributed by atoms with E-state index >= 15 is 4.39 Å². The van der Waals surface area contributed by atoms with E-state index in [9.17, 15) is 14.0 Å². The fourth-order valence-corrected chi connectivity index (χ4v) is 7.29. The number of anilines is 1. The Labute approximate surface area is 233 Å². The third-order valence-electron chi connectivity index (χ3n) is 9.82. The molecule has 5 aliphatic rings. The third kappa shape index (κ3) is 4.78. The summed E-state index contributed by atoms with van der Waals surface area (Å²) >= 11 is 0. The number of ether oxygens (including phenoxy) is 1. The molecule has 0 radical (unpaired) electrons. The SMILES string of the molecule is C[C@H](Oc1nc(C(N)=C2CCC[C@@]3(CCCCC3=O)C2=O)nc(N2CCNC3(CC3)C2)c1F)[C@@H]1C[C@@H](F)CN1C. The summed E-state index contributed by atoms with van der Waals surface area (Å²) in [6.45, 7) is 3.92. The minimum absolute atomic E-state index is 0.00490. The lowest BCUT2D eigenvalue weighted by Crippen LogP contribution is -2.53. The van der Waals surface area contributed by atoms with Crippen molar-refractivity contribution in [3.05, 3.63) is 17.2 Å². The first-order chi connectivity index (χ1) is 19.1. The van der Waals surface area contributed by atoms with E-state index in [1.165, 1.54) is 0 Å². The van der Waals surface area contributed by atoms with Crippen LogP contribution in [0.4, 0.5) is 14.6 Å². The van der Waals surface area contributed by atoms with Gasteiger partial charge in [-0.1, -0.05) is 6.42 Å². The fraction of sp³-hybridized carbons (Fsp3) is 0.724. The van der Waals surface area contributed by atoms with Gasteiger partial charge in [-0.3, -0.25) is 14.5 Å². The third-order valence-corrected chi connectivity index (χ3v) is 9.82. The van der Waals surface area contributed by atoms with Gasteiger partial charge in [0, 0.05) is 49.8 Å². The molecular formula is C29H40F2N6O3. The quantitative estimate of drug-likeness (QED) is 0.416. The molecular weight excluding hydrogens is 518 g/mol. The number of alkyl halides is 1. The minimum atomic E-state index is -1.01. The minimum Gasteiger partial charge on any atom is -0.471 e. The summed E-state index contributed by atoms with van der Waals surface area (Å²) in [5, 5.41) is 3.52. The molecule has 5 fully saturated rings. The first kappa shape index (κ1) is 27.5. The van der Waals surface area contributed by atoms with E-state index in [1.807, 2.05) is 16.8 Å². The Morgan fingerprint density at radius 2 is 1.93 bits per heavy atom. The fourth-order valence-electron chi connectivity index (χ4n) is 7.29. The number of Topliss-reactive ketones (excluding diaryl/α,β-unsaturated/α-hetero) is 2. The van der Waals surface area contributed by atoms with E-state index in [-0.39, 0.29) is 46.4 Å². The van der Waals surface area contributed by atoms with E-state index < -0.39 is 23.5 Å². The molecule has 0 amide bonds. The lowest BCUT2D eigenvalue weighted by atomic mass is 9.62. The number of likely N-dealkylation sites (N-methyl/N-ethyl adjacent to an activating group) is 1. The van der Waals surface area contributed by atoms with Crippen molar-refractivity contribution in [2.75, 3.05) is 38.1 Å². The number of carbonyl (C=O) groups excluding carboxylic acids is 2. The highest BCUT2D eigenvalue weighted by Crippen LogP contribution is 2.46. The predicted molar refractivity (Wildman–Crippen MR) is 146 cm³/mol. The molecule has 1 aromatic heterocycles. The van der Waals surface area contributed by atoms with Gasteiger partial charge in [-0.25, -0.2) is 9.37 Å². The first-order valence-electron chi connectivity index (χ1n) is 14.8. The van der Waals surface area contributed by atoms with E-state index in [0.29, 0.717) is 70.3 Å². The van der Waals surface area contributed by atoms with Crippen LogP contribution >= 0.6 is 0 Å². The summed E-state index contributed by atoms with van der Waals surface area (Å²) in [6, 6.07) is -0.238. The molecule has 0 bridgehead atoms. The Hall–Kier alpha value is -2.66. The summed E-state index contributed by atoms with van der Waals surface area (Å²) in [5.74, 6) is -1.03. The van der Waals surface area contributed by atoms with Gasteiger partial charge in [0.15, 0.2) is 17.4 Å². The maximum absolute atomic E-state index is 16.1. The van der Waals surface area contributed by atoms with Crippen molar-refractivity contribution in [3.63, 3.8) is 0 Å². The van der Waals surface area contributed by atoms with E-state index in [4.69, 9.17) is 10.5 Å². The molecule has 4 atom stereocenters. The number of carbonyl (C=O) groups is 2. The second-order valence-electron chi connectivity index (χ2n) is 12.6. The van der Waals surface area contributed by atoms with Crippen LogP contribution in [0.5, 0.6) is 5.88 Å². The second kappa shape index (κ2) is 10.3. The van der Waals surface area contributed by atoms with Gasteiger partial charge in [0.1, 0.15) is 18.1 Å². The van der Waals surface area contributed by atoms with Crippen molar-refractivity contribution in [1.29, 1.82) is 0 Å². The zero-order valence-corrected chi connectivity index (χ0v) is 23.5. The number of aromatic nitrogens is 2. The monoisotopic (exact) mass is 558 g/mol. The molecule has 40 heavy (non-hydrogen) atoms.